The smallest absolute Gasteiger partial charge is 0.239 e. The normalized spacial score (nSPS) is 10.2. The third kappa shape index (κ3) is 2.98. The summed E-state index contributed by atoms with van der Waals surface area (Å²) in [5.74, 6) is 1.98. The van der Waals surface area contributed by atoms with Gasteiger partial charge in [0.05, 0.1) is 6.61 Å². The first-order valence-corrected chi connectivity index (χ1v) is 5.19. The van der Waals surface area contributed by atoms with Crippen molar-refractivity contribution in [1.29, 1.82) is 0 Å². The number of aromatic nitrogens is 3. The number of ether oxygens (including phenoxy) is 1. The zero-order valence-electron chi connectivity index (χ0n) is 8.89. The molecule has 5 heteroatoms. The first-order valence-electron chi connectivity index (χ1n) is 5.19. The van der Waals surface area contributed by atoms with Crippen LogP contribution in [0.25, 0.3) is 0 Å². The minimum Gasteiger partial charge on any atom is -0.494 e. The molecule has 2 rings (SSSR count). The molecular formula is C11H14N4O. The molecule has 0 aliphatic carbocycles. The number of hydrogen-bond donors (Lipinski definition) is 2. The molecule has 0 amide bonds. The third-order valence-corrected chi connectivity index (χ3v) is 2.12. The van der Waals surface area contributed by atoms with E-state index in [9.17, 15) is 0 Å². The van der Waals surface area contributed by atoms with Gasteiger partial charge in [-0.25, -0.2) is 0 Å². The van der Waals surface area contributed by atoms with Gasteiger partial charge in [-0.05, 0) is 18.6 Å². The number of nitrogens with two attached hydrogens (primary N) is 1. The summed E-state index contributed by atoms with van der Waals surface area (Å²) in [6, 6.07) is 9.74. The molecule has 5 nitrogen and oxygen atoms in total. The zero-order valence-corrected chi connectivity index (χ0v) is 8.89. The second-order valence-corrected chi connectivity index (χ2v) is 3.41. The van der Waals surface area contributed by atoms with Gasteiger partial charge in [0, 0.05) is 6.42 Å². The minimum absolute atomic E-state index is 0.291. The summed E-state index contributed by atoms with van der Waals surface area (Å²) in [6.07, 6.45) is 1.67. The highest BCUT2D eigenvalue weighted by molar-refractivity contribution is 5.20. The topological polar surface area (TPSA) is 76.8 Å². The molecule has 0 aliphatic heterocycles. The molecule has 0 atom stereocenters. The Morgan fingerprint density at radius 1 is 1.25 bits per heavy atom. The number of nitrogens with one attached hydrogen (secondary N) is 1. The number of aromatic amines is 1. The molecule has 0 radical (unpaired) electrons. The van der Waals surface area contributed by atoms with E-state index in [4.69, 9.17) is 10.5 Å². The summed E-state index contributed by atoms with van der Waals surface area (Å²) in [4.78, 5) is 4.01. The van der Waals surface area contributed by atoms with Gasteiger partial charge in [-0.15, -0.1) is 5.10 Å². The van der Waals surface area contributed by atoms with Gasteiger partial charge in [0.25, 0.3) is 0 Å². The number of benzene rings is 1. The molecule has 0 unspecified atom stereocenters. The molecule has 3 N–H and O–H groups in total. The Balaban J connectivity index is 1.69. The molecule has 0 saturated heterocycles. The second-order valence-electron chi connectivity index (χ2n) is 3.41. The lowest BCUT2D eigenvalue weighted by Crippen LogP contribution is -2.00. The summed E-state index contributed by atoms with van der Waals surface area (Å²) in [5, 5.41) is 6.52. The van der Waals surface area contributed by atoms with Crippen LogP contribution in [0.5, 0.6) is 5.75 Å². The molecule has 0 fully saturated rings. The van der Waals surface area contributed by atoms with Crippen molar-refractivity contribution in [2.75, 3.05) is 12.3 Å². The van der Waals surface area contributed by atoms with Gasteiger partial charge in [-0.1, -0.05) is 18.2 Å². The van der Waals surface area contributed by atoms with Crippen LogP contribution in [-0.2, 0) is 6.42 Å². The summed E-state index contributed by atoms with van der Waals surface area (Å²) < 4.78 is 5.54. The Morgan fingerprint density at radius 2 is 2.06 bits per heavy atom. The second kappa shape index (κ2) is 5.16. The van der Waals surface area contributed by atoms with Crippen molar-refractivity contribution in [2.45, 2.75) is 12.8 Å². The molecule has 1 aromatic carbocycles. The molecule has 1 heterocycles. The molecule has 1 aromatic heterocycles. The highest BCUT2D eigenvalue weighted by Crippen LogP contribution is 2.08. The Morgan fingerprint density at radius 3 is 2.75 bits per heavy atom. The molecule has 0 bridgehead atoms. The lowest BCUT2D eigenvalue weighted by Gasteiger charge is -2.04. The van der Waals surface area contributed by atoms with Crippen molar-refractivity contribution < 1.29 is 4.74 Å². The van der Waals surface area contributed by atoms with Crippen LogP contribution in [0.4, 0.5) is 5.95 Å². The average Bonchev–Trinajstić information content (AvgIpc) is 2.72. The zero-order chi connectivity index (χ0) is 11.2. The molecule has 0 saturated carbocycles. The minimum atomic E-state index is 0.291. The van der Waals surface area contributed by atoms with Gasteiger partial charge in [0.2, 0.25) is 5.95 Å². The molecule has 0 spiro atoms. The van der Waals surface area contributed by atoms with Crippen LogP contribution in [0.15, 0.2) is 30.3 Å². The van der Waals surface area contributed by atoms with E-state index in [2.05, 4.69) is 15.2 Å². The quantitative estimate of drug-likeness (QED) is 0.744. The third-order valence-electron chi connectivity index (χ3n) is 2.12. The molecule has 16 heavy (non-hydrogen) atoms. The maximum atomic E-state index is 5.54. The van der Waals surface area contributed by atoms with Gasteiger partial charge in [0.15, 0.2) is 0 Å². The summed E-state index contributed by atoms with van der Waals surface area (Å²) in [5.41, 5.74) is 5.39. The van der Waals surface area contributed by atoms with Gasteiger partial charge in [0.1, 0.15) is 11.6 Å². The SMILES string of the molecule is Nc1n[nH]c(CCCOc2ccccc2)n1. The van der Waals surface area contributed by atoms with Gasteiger partial charge in [-0.3, -0.25) is 5.10 Å². The number of para-hydroxylation sites is 1. The molecule has 0 aliphatic rings. The Hall–Kier alpha value is -2.04. The summed E-state index contributed by atoms with van der Waals surface area (Å²) in [7, 11) is 0. The van der Waals surface area contributed by atoms with Crippen molar-refractivity contribution in [3.8, 4) is 5.75 Å². The van der Waals surface area contributed by atoms with E-state index in [0.29, 0.717) is 12.6 Å². The first kappa shape index (κ1) is 10.5. The van der Waals surface area contributed by atoms with Crippen LogP contribution < -0.4 is 10.5 Å². The largest absolute Gasteiger partial charge is 0.494 e. The highest BCUT2D eigenvalue weighted by Gasteiger charge is 1.99. The van der Waals surface area contributed by atoms with Gasteiger partial charge in [-0.2, -0.15) is 4.98 Å². The van der Waals surface area contributed by atoms with Crippen molar-refractivity contribution in [3.05, 3.63) is 36.2 Å². The van der Waals surface area contributed by atoms with Crippen molar-refractivity contribution in [1.82, 2.24) is 15.2 Å². The van der Waals surface area contributed by atoms with E-state index in [1.807, 2.05) is 30.3 Å². The number of nitrogen functional groups attached to an aromatic ring is 1. The van der Waals surface area contributed by atoms with E-state index in [1.165, 1.54) is 0 Å². The summed E-state index contributed by atoms with van der Waals surface area (Å²) in [6.45, 7) is 0.657. The monoisotopic (exact) mass is 218 g/mol. The maximum absolute atomic E-state index is 5.54. The van der Waals surface area contributed by atoms with Crippen LogP contribution >= 0.6 is 0 Å². The lowest BCUT2D eigenvalue weighted by molar-refractivity contribution is 0.310. The number of hydrogen-bond acceptors (Lipinski definition) is 4. The fourth-order valence-corrected chi connectivity index (χ4v) is 1.37. The standard InChI is InChI=1S/C11H14N4O/c12-11-13-10(14-15-11)7-4-8-16-9-5-2-1-3-6-9/h1-3,5-6H,4,7-8H2,(H3,12,13,14,15). The van der Waals surface area contributed by atoms with E-state index in [0.717, 1.165) is 24.4 Å². The Kier molecular flexibility index (Phi) is 3.38. The van der Waals surface area contributed by atoms with Crippen LogP contribution in [-0.4, -0.2) is 21.8 Å². The lowest BCUT2D eigenvalue weighted by atomic mass is 10.3. The van der Waals surface area contributed by atoms with Gasteiger partial charge < -0.3 is 10.5 Å². The van der Waals surface area contributed by atoms with Gasteiger partial charge >= 0.3 is 0 Å². The number of H-pyrrole nitrogens is 1. The van der Waals surface area contributed by atoms with E-state index in [1.54, 1.807) is 0 Å². The fraction of sp³-hybridized carbons (Fsp3) is 0.273. The molecule has 84 valence electrons. The van der Waals surface area contributed by atoms with Crippen molar-refractivity contribution in [3.63, 3.8) is 0 Å². The Labute approximate surface area is 93.7 Å². The van der Waals surface area contributed by atoms with E-state index in [-0.39, 0.29) is 0 Å². The summed E-state index contributed by atoms with van der Waals surface area (Å²) >= 11 is 0. The average molecular weight is 218 g/mol. The number of rotatable bonds is 5. The number of aryl methyl sites for hydroxylation is 1. The number of nitrogens with zero attached hydrogens (tertiary/aromatic N) is 2. The fourth-order valence-electron chi connectivity index (χ4n) is 1.37. The van der Waals surface area contributed by atoms with E-state index < -0.39 is 0 Å². The highest BCUT2D eigenvalue weighted by atomic mass is 16.5. The number of anilines is 1. The molecule has 2 aromatic rings. The van der Waals surface area contributed by atoms with E-state index >= 15 is 0 Å². The molecular weight excluding hydrogens is 204 g/mol. The van der Waals surface area contributed by atoms with Crippen LogP contribution in [0.1, 0.15) is 12.2 Å². The predicted molar refractivity (Wildman–Crippen MR) is 61.1 cm³/mol. The Bertz CT molecular complexity index is 427. The maximum Gasteiger partial charge on any atom is 0.239 e. The van der Waals surface area contributed by atoms with Crippen LogP contribution in [0.2, 0.25) is 0 Å². The van der Waals surface area contributed by atoms with Crippen LogP contribution in [0.3, 0.4) is 0 Å². The van der Waals surface area contributed by atoms with Crippen molar-refractivity contribution >= 4 is 5.95 Å². The van der Waals surface area contributed by atoms with Crippen LogP contribution in [0, 0.1) is 0 Å². The van der Waals surface area contributed by atoms with Crippen molar-refractivity contribution in [2.24, 2.45) is 0 Å². The first-order chi connectivity index (χ1) is 7.84. The predicted octanol–water partition coefficient (Wildman–Crippen LogP) is 1.40.